The average Bonchev–Trinajstić information content (AvgIpc) is 2.79. The summed E-state index contributed by atoms with van der Waals surface area (Å²) in [5, 5.41) is 2.78. The lowest BCUT2D eigenvalue weighted by molar-refractivity contribution is -0.208. The molecule has 2 aromatic carbocycles. The van der Waals surface area contributed by atoms with Crippen molar-refractivity contribution in [1.29, 1.82) is 0 Å². The molecule has 4 rings (SSSR count). The van der Waals surface area contributed by atoms with Crippen LogP contribution in [0.4, 0.5) is 0 Å². The summed E-state index contributed by atoms with van der Waals surface area (Å²) in [5.74, 6) is -0.466. The number of carbonyl (C=O) groups excluding carboxylic acids is 2. The third-order valence-corrected chi connectivity index (χ3v) is 5.49. The highest BCUT2D eigenvalue weighted by molar-refractivity contribution is 7.80. The Morgan fingerprint density at radius 1 is 1.13 bits per heavy atom. The van der Waals surface area contributed by atoms with Crippen LogP contribution < -0.4 is 15.5 Å². The number of rotatable bonds is 5. The third kappa shape index (κ3) is 4.61. The second-order valence-electron chi connectivity index (χ2n) is 7.39. The summed E-state index contributed by atoms with van der Waals surface area (Å²) >= 11 is 4.36. The number of thiol groups is 1. The van der Waals surface area contributed by atoms with Crippen molar-refractivity contribution in [2.45, 2.75) is 49.0 Å². The maximum atomic E-state index is 13.2. The standard InChI is InChI=1S/C22H24N2O5S/c25-20(15-6-2-1-3-7-15)23-22(21(26)24-29-19-8-4-5-13-27-19)12-11-16-14-17(30)9-10-18(16)28-22/h1-3,6-7,9-10,14,19,30H,4-5,8,11-13H2,(H,23,25)(H,24,26). The van der Waals surface area contributed by atoms with Gasteiger partial charge in [0.25, 0.3) is 11.6 Å². The number of carbonyl (C=O) groups is 2. The molecule has 0 aliphatic carbocycles. The van der Waals surface area contributed by atoms with Crippen LogP contribution in [-0.2, 0) is 20.8 Å². The van der Waals surface area contributed by atoms with E-state index < -0.39 is 23.8 Å². The Hall–Kier alpha value is -2.55. The largest absolute Gasteiger partial charge is 0.458 e. The molecule has 1 fully saturated rings. The maximum absolute atomic E-state index is 13.2. The number of ether oxygens (including phenoxy) is 2. The van der Waals surface area contributed by atoms with Crippen LogP contribution >= 0.6 is 12.6 Å². The molecule has 7 nitrogen and oxygen atoms in total. The topological polar surface area (TPSA) is 85.9 Å². The number of nitrogens with one attached hydrogen (secondary N) is 2. The molecule has 2 heterocycles. The number of hydrogen-bond acceptors (Lipinski definition) is 6. The van der Waals surface area contributed by atoms with Crippen molar-refractivity contribution in [3.63, 3.8) is 0 Å². The molecule has 0 saturated carbocycles. The van der Waals surface area contributed by atoms with Crippen molar-refractivity contribution in [1.82, 2.24) is 10.8 Å². The molecule has 2 aromatic rings. The first-order chi connectivity index (χ1) is 14.6. The normalized spacial score (nSPS) is 23.0. The highest BCUT2D eigenvalue weighted by Crippen LogP contribution is 2.34. The van der Waals surface area contributed by atoms with Gasteiger partial charge in [0.2, 0.25) is 0 Å². The van der Waals surface area contributed by atoms with E-state index in [4.69, 9.17) is 14.3 Å². The Morgan fingerprint density at radius 2 is 1.97 bits per heavy atom. The molecule has 1 saturated heterocycles. The van der Waals surface area contributed by atoms with Crippen molar-refractivity contribution >= 4 is 24.4 Å². The first kappa shape index (κ1) is 20.7. The molecule has 2 aliphatic heterocycles. The summed E-state index contributed by atoms with van der Waals surface area (Å²) < 4.78 is 11.6. The number of aryl methyl sites for hydroxylation is 1. The van der Waals surface area contributed by atoms with Crippen LogP contribution in [0.1, 0.15) is 41.6 Å². The molecule has 0 bridgehead atoms. The molecule has 2 amide bonds. The fourth-order valence-corrected chi connectivity index (χ4v) is 3.80. The number of fused-ring (bicyclic) bond motifs is 1. The van der Waals surface area contributed by atoms with E-state index in [1.807, 2.05) is 12.1 Å². The smallest absolute Gasteiger partial charge is 0.309 e. The number of hydrogen-bond donors (Lipinski definition) is 3. The van der Waals surface area contributed by atoms with E-state index in [-0.39, 0.29) is 6.42 Å². The zero-order valence-corrected chi connectivity index (χ0v) is 17.3. The second-order valence-corrected chi connectivity index (χ2v) is 7.90. The van der Waals surface area contributed by atoms with Crippen LogP contribution in [-0.4, -0.2) is 30.4 Å². The van der Waals surface area contributed by atoms with Crippen molar-refractivity contribution in [3.05, 3.63) is 59.7 Å². The summed E-state index contributed by atoms with van der Waals surface area (Å²) in [7, 11) is 0. The predicted molar refractivity (Wildman–Crippen MR) is 112 cm³/mol. The number of amides is 2. The molecular formula is C22H24N2O5S. The SMILES string of the molecule is O=C(NC1(C(=O)NOC2CCCCO2)CCc2cc(S)ccc2O1)c1ccccc1. The van der Waals surface area contributed by atoms with Gasteiger partial charge in [0.05, 0.1) is 0 Å². The van der Waals surface area contributed by atoms with Crippen molar-refractivity contribution in [2.24, 2.45) is 0 Å². The van der Waals surface area contributed by atoms with Gasteiger partial charge in [0, 0.05) is 29.9 Å². The van der Waals surface area contributed by atoms with E-state index in [0.717, 1.165) is 23.3 Å². The van der Waals surface area contributed by atoms with E-state index in [1.165, 1.54) is 0 Å². The Labute approximate surface area is 180 Å². The van der Waals surface area contributed by atoms with Gasteiger partial charge in [0.15, 0.2) is 6.29 Å². The second kappa shape index (κ2) is 9.07. The summed E-state index contributed by atoms with van der Waals surface area (Å²) in [4.78, 5) is 32.3. The van der Waals surface area contributed by atoms with Crippen LogP contribution in [0.15, 0.2) is 53.4 Å². The molecule has 0 aromatic heterocycles. The lowest BCUT2D eigenvalue weighted by atomic mass is 9.96. The lowest BCUT2D eigenvalue weighted by Gasteiger charge is -2.38. The summed E-state index contributed by atoms with van der Waals surface area (Å²) in [5.41, 5.74) is 2.20. The van der Waals surface area contributed by atoms with Crippen LogP contribution in [0.5, 0.6) is 5.75 Å². The number of hydroxylamine groups is 1. The summed E-state index contributed by atoms with van der Waals surface area (Å²) in [6.45, 7) is 0.590. The maximum Gasteiger partial charge on any atom is 0.309 e. The molecule has 0 spiro atoms. The van der Waals surface area contributed by atoms with Crippen LogP contribution in [0.2, 0.25) is 0 Å². The molecule has 2 N–H and O–H groups in total. The third-order valence-electron chi connectivity index (χ3n) is 5.21. The quantitative estimate of drug-likeness (QED) is 0.504. The van der Waals surface area contributed by atoms with Gasteiger partial charge >= 0.3 is 5.91 Å². The van der Waals surface area contributed by atoms with Gasteiger partial charge in [-0.2, -0.15) is 0 Å². The van der Waals surface area contributed by atoms with Gasteiger partial charge in [0.1, 0.15) is 5.75 Å². The van der Waals surface area contributed by atoms with E-state index in [0.29, 0.717) is 30.8 Å². The van der Waals surface area contributed by atoms with Gasteiger partial charge in [-0.25, -0.2) is 10.3 Å². The molecule has 2 aliphatic rings. The Bertz CT molecular complexity index is 917. The zero-order chi connectivity index (χ0) is 21.0. The minimum Gasteiger partial charge on any atom is -0.458 e. The van der Waals surface area contributed by atoms with E-state index in [2.05, 4.69) is 23.4 Å². The predicted octanol–water partition coefficient (Wildman–Crippen LogP) is 3.00. The van der Waals surface area contributed by atoms with Gasteiger partial charge in [-0.3, -0.25) is 9.59 Å². The van der Waals surface area contributed by atoms with Gasteiger partial charge < -0.3 is 14.8 Å². The number of benzene rings is 2. The first-order valence-corrected chi connectivity index (χ1v) is 10.5. The van der Waals surface area contributed by atoms with E-state index in [9.17, 15) is 9.59 Å². The average molecular weight is 429 g/mol. The molecular weight excluding hydrogens is 404 g/mol. The molecule has 2 atom stereocenters. The van der Waals surface area contributed by atoms with Gasteiger partial charge in [-0.1, -0.05) is 18.2 Å². The van der Waals surface area contributed by atoms with Crippen molar-refractivity contribution in [3.8, 4) is 5.75 Å². The Balaban J connectivity index is 1.55. The van der Waals surface area contributed by atoms with Gasteiger partial charge in [-0.05, 0) is 55.2 Å². The van der Waals surface area contributed by atoms with E-state index in [1.54, 1.807) is 36.4 Å². The highest BCUT2D eigenvalue weighted by atomic mass is 32.1. The fraction of sp³-hybridized carbons (Fsp3) is 0.364. The van der Waals surface area contributed by atoms with Crippen molar-refractivity contribution in [2.75, 3.05) is 6.61 Å². The Morgan fingerprint density at radius 3 is 2.73 bits per heavy atom. The fourth-order valence-electron chi connectivity index (χ4n) is 3.57. The Kier molecular flexibility index (Phi) is 6.26. The van der Waals surface area contributed by atoms with Gasteiger partial charge in [-0.15, -0.1) is 12.6 Å². The molecule has 2 unspecified atom stereocenters. The molecule has 8 heteroatoms. The van der Waals surface area contributed by atoms with Crippen molar-refractivity contribution < 1.29 is 23.9 Å². The lowest BCUT2D eigenvalue weighted by Crippen LogP contribution is -2.64. The highest BCUT2D eigenvalue weighted by Gasteiger charge is 2.46. The van der Waals surface area contributed by atoms with Crippen LogP contribution in [0.25, 0.3) is 0 Å². The molecule has 0 radical (unpaired) electrons. The minimum atomic E-state index is -1.60. The first-order valence-electron chi connectivity index (χ1n) is 10.0. The van der Waals surface area contributed by atoms with Crippen LogP contribution in [0, 0.1) is 0 Å². The zero-order valence-electron chi connectivity index (χ0n) is 16.4. The molecule has 30 heavy (non-hydrogen) atoms. The summed E-state index contributed by atoms with van der Waals surface area (Å²) in [6.07, 6.45) is 2.90. The minimum absolute atomic E-state index is 0.247. The van der Waals surface area contributed by atoms with Crippen LogP contribution in [0.3, 0.4) is 0 Å². The van der Waals surface area contributed by atoms with E-state index >= 15 is 0 Å². The monoisotopic (exact) mass is 428 g/mol. The molecule has 158 valence electrons. The summed E-state index contributed by atoms with van der Waals surface area (Å²) in [6, 6.07) is 14.1.